The molecule has 1 aromatic carbocycles. The molecule has 1 aromatic heterocycles. The van der Waals surface area contributed by atoms with E-state index in [1.54, 1.807) is 13.2 Å². The molecular weight excluding hydrogens is 360 g/mol. The van der Waals surface area contributed by atoms with Gasteiger partial charge in [-0.25, -0.2) is 0 Å². The lowest BCUT2D eigenvalue weighted by molar-refractivity contribution is -0.119. The Labute approximate surface area is 164 Å². The van der Waals surface area contributed by atoms with Crippen molar-refractivity contribution < 1.29 is 9.53 Å². The Morgan fingerprint density at radius 2 is 2.19 bits per heavy atom. The van der Waals surface area contributed by atoms with Crippen LogP contribution in [0.15, 0.2) is 42.1 Å². The van der Waals surface area contributed by atoms with Crippen molar-refractivity contribution in [1.29, 1.82) is 0 Å². The molecule has 1 N–H and O–H groups in total. The van der Waals surface area contributed by atoms with Crippen molar-refractivity contribution in [3.63, 3.8) is 0 Å². The van der Waals surface area contributed by atoms with Crippen molar-refractivity contribution >= 4 is 17.7 Å². The summed E-state index contributed by atoms with van der Waals surface area (Å²) < 4.78 is 7.27. The quantitative estimate of drug-likeness (QED) is 0.554. The highest BCUT2D eigenvalue weighted by Crippen LogP contribution is 2.26. The Balaban J connectivity index is 1.69. The molecule has 7 heteroatoms. The number of ether oxygens (including phenoxy) is 1. The predicted molar refractivity (Wildman–Crippen MR) is 108 cm³/mol. The summed E-state index contributed by atoms with van der Waals surface area (Å²) in [7, 11) is 1.64. The monoisotopic (exact) mass is 386 g/mol. The summed E-state index contributed by atoms with van der Waals surface area (Å²) in [6.07, 6.45) is 7.66. The highest BCUT2D eigenvalue weighted by molar-refractivity contribution is 7.99. The van der Waals surface area contributed by atoms with Crippen molar-refractivity contribution in [3.05, 3.63) is 36.9 Å². The molecule has 0 saturated heterocycles. The van der Waals surface area contributed by atoms with E-state index >= 15 is 0 Å². The molecule has 6 nitrogen and oxygen atoms in total. The van der Waals surface area contributed by atoms with Crippen LogP contribution >= 0.6 is 11.8 Å². The molecule has 1 heterocycles. The van der Waals surface area contributed by atoms with Crippen LogP contribution in [0.5, 0.6) is 5.75 Å². The number of rotatable bonds is 8. The second kappa shape index (κ2) is 9.60. The van der Waals surface area contributed by atoms with Gasteiger partial charge < -0.3 is 10.1 Å². The van der Waals surface area contributed by atoms with Crippen molar-refractivity contribution in [2.24, 2.45) is 0 Å². The average Bonchev–Trinajstić information content (AvgIpc) is 3.10. The van der Waals surface area contributed by atoms with Crippen LogP contribution in [0.4, 0.5) is 0 Å². The van der Waals surface area contributed by atoms with Crippen LogP contribution in [0.3, 0.4) is 0 Å². The normalized spacial score (nSPS) is 14.7. The largest absolute Gasteiger partial charge is 0.497 e. The lowest BCUT2D eigenvalue weighted by Crippen LogP contribution is -2.37. The Kier molecular flexibility index (Phi) is 6.92. The minimum atomic E-state index is 0.0583. The summed E-state index contributed by atoms with van der Waals surface area (Å²) in [4.78, 5) is 12.3. The zero-order valence-corrected chi connectivity index (χ0v) is 16.5. The van der Waals surface area contributed by atoms with Crippen molar-refractivity contribution in [1.82, 2.24) is 20.1 Å². The van der Waals surface area contributed by atoms with Crippen molar-refractivity contribution in [3.8, 4) is 17.1 Å². The summed E-state index contributed by atoms with van der Waals surface area (Å²) in [5, 5.41) is 12.5. The second-order valence-electron chi connectivity index (χ2n) is 6.63. The number of benzene rings is 1. The fraction of sp³-hybridized carbons (Fsp3) is 0.450. The number of methoxy groups -OCH3 is 1. The molecule has 1 fully saturated rings. The van der Waals surface area contributed by atoms with E-state index in [4.69, 9.17) is 4.74 Å². The molecular formula is C20H26N4O2S. The van der Waals surface area contributed by atoms with Crippen LogP contribution in [-0.2, 0) is 11.3 Å². The Morgan fingerprint density at radius 1 is 1.37 bits per heavy atom. The molecule has 0 aliphatic heterocycles. The third kappa shape index (κ3) is 5.13. The number of allylic oxidation sites excluding steroid dienone is 1. The van der Waals surface area contributed by atoms with Crippen LogP contribution in [-0.4, -0.2) is 39.6 Å². The Hall–Kier alpha value is -2.28. The second-order valence-corrected chi connectivity index (χ2v) is 7.57. The molecule has 0 bridgehead atoms. The first kappa shape index (κ1) is 19.5. The van der Waals surface area contributed by atoms with Gasteiger partial charge in [0.2, 0.25) is 5.91 Å². The zero-order chi connectivity index (χ0) is 19.1. The Bertz CT molecular complexity index is 784. The number of carbonyl (C=O) groups excluding carboxylic acids is 1. The summed E-state index contributed by atoms with van der Waals surface area (Å²) in [5.41, 5.74) is 0.919. The summed E-state index contributed by atoms with van der Waals surface area (Å²) in [6.45, 7) is 4.40. The molecule has 1 saturated carbocycles. The third-order valence-electron chi connectivity index (χ3n) is 4.66. The van der Waals surface area contributed by atoms with Crippen LogP contribution in [0.2, 0.25) is 0 Å². The molecule has 0 spiro atoms. The van der Waals surface area contributed by atoms with Gasteiger partial charge in [-0.15, -0.1) is 16.8 Å². The first-order chi connectivity index (χ1) is 13.2. The van der Waals surface area contributed by atoms with Crippen LogP contribution in [0.25, 0.3) is 11.4 Å². The van der Waals surface area contributed by atoms with Gasteiger partial charge in [-0.1, -0.05) is 49.2 Å². The van der Waals surface area contributed by atoms with E-state index in [0.717, 1.165) is 30.0 Å². The molecule has 0 radical (unpaired) electrons. The maximum Gasteiger partial charge on any atom is 0.230 e. The Morgan fingerprint density at radius 3 is 2.93 bits per heavy atom. The van der Waals surface area contributed by atoms with Gasteiger partial charge in [0.05, 0.1) is 12.9 Å². The lowest BCUT2D eigenvalue weighted by atomic mass is 9.95. The molecule has 144 valence electrons. The molecule has 0 atom stereocenters. The highest BCUT2D eigenvalue weighted by atomic mass is 32.2. The summed E-state index contributed by atoms with van der Waals surface area (Å²) in [6, 6.07) is 8.03. The minimum Gasteiger partial charge on any atom is -0.497 e. The number of aromatic nitrogens is 3. The number of nitrogens with zero attached hydrogens (tertiary/aromatic N) is 3. The molecule has 1 aliphatic carbocycles. The summed E-state index contributed by atoms with van der Waals surface area (Å²) >= 11 is 1.41. The molecule has 3 rings (SSSR count). The fourth-order valence-corrected chi connectivity index (χ4v) is 4.07. The number of amides is 1. The number of carbonyl (C=O) groups is 1. The van der Waals surface area contributed by atoms with Crippen molar-refractivity contribution in [2.45, 2.75) is 49.8 Å². The highest BCUT2D eigenvalue weighted by Gasteiger charge is 2.18. The first-order valence-electron chi connectivity index (χ1n) is 9.32. The number of hydrogen-bond donors (Lipinski definition) is 1. The van der Waals surface area contributed by atoms with Gasteiger partial charge in [0, 0.05) is 18.2 Å². The van der Waals surface area contributed by atoms with Crippen LogP contribution in [0, 0.1) is 0 Å². The smallest absolute Gasteiger partial charge is 0.230 e. The number of hydrogen-bond acceptors (Lipinski definition) is 5. The van der Waals surface area contributed by atoms with Gasteiger partial charge in [0.25, 0.3) is 0 Å². The van der Waals surface area contributed by atoms with Crippen LogP contribution in [0.1, 0.15) is 32.1 Å². The maximum atomic E-state index is 12.3. The minimum absolute atomic E-state index is 0.0583. The molecule has 1 amide bonds. The van der Waals surface area contributed by atoms with Gasteiger partial charge in [-0.2, -0.15) is 0 Å². The topological polar surface area (TPSA) is 69.0 Å². The van der Waals surface area contributed by atoms with E-state index in [1.165, 1.54) is 31.0 Å². The van der Waals surface area contributed by atoms with Crippen LogP contribution < -0.4 is 10.1 Å². The predicted octanol–water partition coefficient (Wildman–Crippen LogP) is 3.68. The zero-order valence-electron chi connectivity index (χ0n) is 15.7. The average molecular weight is 387 g/mol. The first-order valence-corrected chi connectivity index (χ1v) is 10.3. The van der Waals surface area contributed by atoms with Gasteiger partial charge >= 0.3 is 0 Å². The summed E-state index contributed by atoms with van der Waals surface area (Å²) in [5.74, 6) is 1.90. The standard InChI is InChI=1S/C20H26N4O2S/c1-3-12-24-19(15-8-7-11-17(13-15)26-2)22-23-20(24)27-14-18(25)21-16-9-5-4-6-10-16/h3,7-8,11,13,16H,1,4-6,9-10,12,14H2,2H3,(H,21,25). The fourth-order valence-electron chi connectivity index (χ4n) is 3.31. The van der Waals surface area contributed by atoms with E-state index in [9.17, 15) is 4.79 Å². The van der Waals surface area contributed by atoms with Crippen molar-refractivity contribution in [2.75, 3.05) is 12.9 Å². The van der Waals surface area contributed by atoms with Gasteiger partial charge in [-0.05, 0) is 25.0 Å². The van der Waals surface area contributed by atoms with Gasteiger partial charge in [0.1, 0.15) is 5.75 Å². The van der Waals surface area contributed by atoms with E-state index < -0.39 is 0 Å². The SMILES string of the molecule is C=CCn1c(SCC(=O)NC2CCCCC2)nnc1-c1cccc(OC)c1. The molecule has 0 unspecified atom stereocenters. The molecule has 27 heavy (non-hydrogen) atoms. The molecule has 1 aliphatic rings. The molecule has 2 aromatic rings. The maximum absolute atomic E-state index is 12.3. The van der Waals surface area contributed by atoms with Gasteiger partial charge in [0.15, 0.2) is 11.0 Å². The van der Waals surface area contributed by atoms with E-state index in [0.29, 0.717) is 23.5 Å². The number of nitrogens with one attached hydrogen (secondary N) is 1. The van der Waals surface area contributed by atoms with E-state index in [-0.39, 0.29) is 5.91 Å². The number of thioether (sulfide) groups is 1. The van der Waals surface area contributed by atoms with E-state index in [2.05, 4.69) is 22.1 Å². The van der Waals surface area contributed by atoms with Gasteiger partial charge in [-0.3, -0.25) is 9.36 Å². The third-order valence-corrected chi connectivity index (χ3v) is 5.63. The van der Waals surface area contributed by atoms with E-state index in [1.807, 2.05) is 28.8 Å². The lowest BCUT2D eigenvalue weighted by Gasteiger charge is -2.22.